The van der Waals surface area contributed by atoms with Crippen LogP contribution in [0.4, 0.5) is 20.6 Å². The molecule has 0 bridgehead atoms. The molecule has 1 aliphatic rings. The van der Waals surface area contributed by atoms with Crippen molar-refractivity contribution in [3.8, 4) is 0 Å². The first-order valence-corrected chi connectivity index (χ1v) is 5.75. The highest BCUT2D eigenvalue weighted by molar-refractivity contribution is 5.60. The van der Waals surface area contributed by atoms with Crippen molar-refractivity contribution in [2.75, 3.05) is 38.3 Å². The van der Waals surface area contributed by atoms with Gasteiger partial charge in [0, 0.05) is 25.2 Å². The van der Waals surface area contributed by atoms with Gasteiger partial charge in [-0.15, -0.1) is 0 Å². The van der Waals surface area contributed by atoms with Crippen molar-refractivity contribution in [1.82, 2.24) is 0 Å². The number of nitrogens with two attached hydrogens (primary N) is 1. The van der Waals surface area contributed by atoms with Crippen molar-refractivity contribution in [3.63, 3.8) is 0 Å². The number of hydrogen-bond acceptors (Lipinski definition) is 4. The molecular weight excluding hydrogens is 239 g/mol. The highest BCUT2D eigenvalue weighted by Gasteiger charge is 2.17. The minimum absolute atomic E-state index is 0.338. The minimum atomic E-state index is -0.492. The van der Waals surface area contributed by atoms with E-state index in [9.17, 15) is 9.18 Å². The molecule has 0 aromatic heterocycles. The fraction of sp³-hybridized carbons (Fsp3) is 0.417. The Labute approximate surface area is 104 Å². The molecule has 1 aliphatic heterocycles. The number of anilines is 1. The summed E-state index contributed by atoms with van der Waals surface area (Å²) in [6, 6.07) is 4.71. The number of morpholine rings is 1. The number of nitrogens with zero attached hydrogens (tertiary/aromatic N) is 1. The lowest BCUT2D eigenvalue weighted by atomic mass is 10.2. The maximum Gasteiger partial charge on any atom is 0.517 e. The number of primary amides is 1. The van der Waals surface area contributed by atoms with Gasteiger partial charge in [-0.2, -0.15) is 4.79 Å². The number of ether oxygens (including phenoxy) is 2. The molecule has 0 atom stereocenters. The number of carbonyl (C=O) groups is 1. The molecule has 1 amide bonds. The van der Waals surface area contributed by atoms with Crippen LogP contribution in [0.5, 0.6) is 0 Å². The lowest BCUT2D eigenvalue weighted by Crippen LogP contribution is -2.82. The lowest BCUT2D eigenvalue weighted by Gasteiger charge is -2.29. The van der Waals surface area contributed by atoms with Crippen LogP contribution in [0.1, 0.15) is 0 Å². The number of benzene rings is 1. The maximum atomic E-state index is 13.9. The molecule has 1 aromatic carbocycles. The van der Waals surface area contributed by atoms with E-state index in [1.165, 1.54) is 18.5 Å². The lowest BCUT2D eigenvalue weighted by molar-refractivity contribution is -0.481. The van der Waals surface area contributed by atoms with E-state index in [2.05, 4.69) is 4.74 Å². The van der Waals surface area contributed by atoms with Gasteiger partial charge in [0.05, 0.1) is 26.0 Å². The molecule has 0 radical (unpaired) electrons. The molecule has 0 aliphatic carbocycles. The minimum Gasteiger partial charge on any atom is -0.423 e. The predicted octanol–water partition coefficient (Wildman–Crippen LogP) is 0.624. The van der Waals surface area contributed by atoms with Gasteiger partial charge >= 0.3 is 6.09 Å². The molecule has 1 saturated heterocycles. The van der Waals surface area contributed by atoms with Crippen LogP contribution in [0.15, 0.2) is 18.2 Å². The number of carbonyl (C=O) groups excluding carboxylic acids is 1. The van der Waals surface area contributed by atoms with Gasteiger partial charge in [0.2, 0.25) is 0 Å². The standard InChI is InChI=1S/C12H15FN2O3/c1-17-12(16)14-9-2-3-11(10(13)8-9)15-4-6-18-7-5-15/h2-3,8H,4-7H2,1H3,(H,14,16)/p+1. The molecule has 2 rings (SSSR count). The van der Waals surface area contributed by atoms with Crippen molar-refractivity contribution < 1.29 is 24.0 Å². The number of hydrogen-bond donors (Lipinski definition) is 1. The van der Waals surface area contributed by atoms with E-state index in [0.717, 1.165) is 0 Å². The molecular formula is C12H16FN2O3+. The monoisotopic (exact) mass is 255 g/mol. The second-order valence-corrected chi connectivity index (χ2v) is 3.98. The Morgan fingerprint density at radius 3 is 2.78 bits per heavy atom. The van der Waals surface area contributed by atoms with E-state index in [0.29, 0.717) is 37.7 Å². The van der Waals surface area contributed by atoms with E-state index in [-0.39, 0.29) is 5.82 Å². The van der Waals surface area contributed by atoms with Gasteiger partial charge in [-0.3, -0.25) is 0 Å². The van der Waals surface area contributed by atoms with Crippen LogP contribution in [-0.4, -0.2) is 39.5 Å². The zero-order valence-electron chi connectivity index (χ0n) is 10.2. The second-order valence-electron chi connectivity index (χ2n) is 3.98. The number of amides is 1. The summed E-state index contributed by atoms with van der Waals surface area (Å²) >= 11 is 0. The van der Waals surface area contributed by atoms with Crippen molar-refractivity contribution >= 4 is 17.5 Å². The van der Waals surface area contributed by atoms with E-state index < -0.39 is 6.09 Å². The maximum absolute atomic E-state index is 13.9. The van der Waals surface area contributed by atoms with Crippen LogP contribution in [0, 0.1) is 5.82 Å². The topological polar surface area (TPSA) is 55.4 Å². The zero-order chi connectivity index (χ0) is 13.0. The second kappa shape index (κ2) is 5.79. The molecule has 5 nitrogen and oxygen atoms in total. The average molecular weight is 255 g/mol. The molecule has 18 heavy (non-hydrogen) atoms. The Kier molecular flexibility index (Phi) is 4.11. The Balaban J connectivity index is 2.11. The fourth-order valence-corrected chi connectivity index (χ4v) is 1.87. The van der Waals surface area contributed by atoms with Crippen LogP contribution in [0.25, 0.3) is 0 Å². The number of quaternary nitrogens is 1. The van der Waals surface area contributed by atoms with Gasteiger partial charge in [0.15, 0.2) is 5.82 Å². The van der Waals surface area contributed by atoms with Crippen molar-refractivity contribution in [2.24, 2.45) is 0 Å². The van der Waals surface area contributed by atoms with E-state index in [1.54, 1.807) is 12.1 Å². The Bertz CT molecular complexity index is 433. The summed E-state index contributed by atoms with van der Waals surface area (Å²) in [6.45, 7) is 2.57. The molecule has 1 aromatic rings. The summed E-state index contributed by atoms with van der Waals surface area (Å²) in [5.74, 6) is -0.338. The molecule has 2 N–H and O–H groups in total. The van der Waals surface area contributed by atoms with Crippen LogP contribution in [-0.2, 0) is 9.47 Å². The van der Waals surface area contributed by atoms with Crippen LogP contribution < -0.4 is 10.2 Å². The summed E-state index contributed by atoms with van der Waals surface area (Å²) < 4.78 is 23.7. The van der Waals surface area contributed by atoms with Crippen molar-refractivity contribution in [3.05, 3.63) is 24.0 Å². The van der Waals surface area contributed by atoms with E-state index in [1.807, 2.05) is 4.90 Å². The molecule has 6 heteroatoms. The van der Waals surface area contributed by atoms with Gasteiger partial charge in [-0.05, 0) is 6.07 Å². The van der Waals surface area contributed by atoms with Gasteiger partial charge in [0.25, 0.3) is 0 Å². The Morgan fingerprint density at radius 2 is 2.17 bits per heavy atom. The van der Waals surface area contributed by atoms with Crippen LogP contribution >= 0.6 is 0 Å². The summed E-state index contributed by atoms with van der Waals surface area (Å²) in [5, 5.41) is 1.26. The third-order valence-electron chi connectivity index (χ3n) is 2.81. The zero-order valence-corrected chi connectivity index (χ0v) is 10.2. The molecule has 1 fully saturated rings. The predicted molar refractivity (Wildman–Crippen MR) is 63.4 cm³/mol. The Hall–Kier alpha value is -1.66. The number of halogens is 1. The van der Waals surface area contributed by atoms with Crippen molar-refractivity contribution in [1.29, 1.82) is 0 Å². The largest absolute Gasteiger partial charge is 0.517 e. The molecule has 0 saturated carbocycles. The molecule has 0 spiro atoms. The molecule has 98 valence electrons. The SMILES string of the molecule is COC(=O)[NH2+]c1ccc(N2CCOCC2)c(F)c1. The highest BCUT2D eigenvalue weighted by atomic mass is 19.1. The fourth-order valence-electron chi connectivity index (χ4n) is 1.87. The van der Waals surface area contributed by atoms with E-state index in [4.69, 9.17) is 4.74 Å². The summed E-state index contributed by atoms with van der Waals surface area (Å²) in [4.78, 5) is 13.0. The number of rotatable bonds is 2. The third kappa shape index (κ3) is 2.96. The van der Waals surface area contributed by atoms with E-state index >= 15 is 0 Å². The number of methoxy groups -OCH3 is 1. The quantitative estimate of drug-likeness (QED) is 0.787. The first-order chi connectivity index (χ1) is 8.70. The van der Waals surface area contributed by atoms with Gasteiger partial charge in [0.1, 0.15) is 5.69 Å². The van der Waals surface area contributed by atoms with Crippen LogP contribution in [0.3, 0.4) is 0 Å². The first-order valence-electron chi connectivity index (χ1n) is 5.75. The molecule has 1 heterocycles. The van der Waals surface area contributed by atoms with Gasteiger partial charge in [-0.1, -0.05) is 0 Å². The van der Waals surface area contributed by atoms with Crippen molar-refractivity contribution in [2.45, 2.75) is 0 Å². The normalized spacial score (nSPS) is 15.6. The van der Waals surface area contributed by atoms with Gasteiger partial charge < -0.3 is 14.4 Å². The Morgan fingerprint density at radius 1 is 1.44 bits per heavy atom. The molecule has 0 unspecified atom stereocenters. The van der Waals surface area contributed by atoms with Crippen LogP contribution in [0.2, 0.25) is 0 Å². The highest BCUT2D eigenvalue weighted by Crippen LogP contribution is 2.21. The third-order valence-corrected chi connectivity index (χ3v) is 2.81. The summed E-state index contributed by atoms with van der Waals surface area (Å²) in [5.41, 5.74) is 1.04. The first kappa shape index (κ1) is 12.8. The summed E-state index contributed by atoms with van der Waals surface area (Å²) in [6.07, 6.45) is -0.492. The summed E-state index contributed by atoms with van der Waals surface area (Å²) in [7, 11) is 1.29. The van der Waals surface area contributed by atoms with Gasteiger partial charge in [-0.25, -0.2) is 9.71 Å². The average Bonchev–Trinajstić information content (AvgIpc) is 2.40. The smallest absolute Gasteiger partial charge is 0.423 e.